The minimum absolute atomic E-state index is 0.307. The van der Waals surface area contributed by atoms with Gasteiger partial charge in [-0.3, -0.25) is 0 Å². The molecule has 0 aliphatic carbocycles. The Morgan fingerprint density at radius 2 is 1.75 bits per heavy atom. The zero-order valence-electron chi connectivity index (χ0n) is 4.95. The van der Waals surface area contributed by atoms with Gasteiger partial charge in [0.15, 0.2) is 0 Å². The third-order valence-corrected chi connectivity index (χ3v) is 14.5. The number of nitrogens with zero attached hydrogens (tertiary/aromatic N) is 3. The van der Waals surface area contributed by atoms with E-state index in [4.69, 9.17) is 68.5 Å². The Bertz CT molecular complexity index is 220. The quantitative estimate of drug-likeness (QED) is 0.380. The molecule has 1 unspecified atom stereocenters. The Morgan fingerprint density at radius 1 is 1.25 bits per heavy atom. The Morgan fingerprint density at radius 3 is 2.17 bits per heavy atom. The van der Waals surface area contributed by atoms with Crippen LogP contribution in [-0.2, 0) is 0 Å². The van der Waals surface area contributed by atoms with Crippen LogP contribution in [-0.4, -0.2) is 7.92 Å². The Balaban J connectivity index is 3.05. The fourth-order valence-electron chi connectivity index (χ4n) is 0.340. The van der Waals surface area contributed by atoms with Gasteiger partial charge < -0.3 is 0 Å². The van der Waals surface area contributed by atoms with Gasteiger partial charge >= 0.3 is 102 Å². The van der Waals surface area contributed by atoms with E-state index in [1.54, 1.807) is 0 Å². The van der Waals surface area contributed by atoms with Crippen molar-refractivity contribution in [3.8, 4) is 0 Å². The van der Waals surface area contributed by atoms with Gasteiger partial charge in [-0.2, -0.15) is 0 Å². The van der Waals surface area contributed by atoms with Crippen molar-refractivity contribution in [1.29, 1.82) is 0 Å². The van der Waals surface area contributed by atoms with E-state index >= 15 is 0 Å². The summed E-state index contributed by atoms with van der Waals surface area (Å²) >= 11 is 34.3. The van der Waals surface area contributed by atoms with Crippen LogP contribution in [0, 0.1) is 0 Å². The first-order valence-electron chi connectivity index (χ1n) is 2.21. The zero-order chi connectivity index (χ0) is 9.59. The van der Waals surface area contributed by atoms with Crippen LogP contribution in [0.5, 0.6) is 0 Å². The number of halogens is 6. The molecule has 0 bridgehead atoms. The van der Waals surface area contributed by atoms with E-state index in [0.717, 1.165) is 7.92 Å². The molecule has 0 aromatic carbocycles. The number of hydrogen-bond donors (Lipinski definition) is 0. The first kappa shape index (κ1) is 12.7. The van der Waals surface area contributed by atoms with Crippen molar-refractivity contribution in [1.82, 2.24) is 7.92 Å². The van der Waals surface area contributed by atoms with Crippen molar-refractivity contribution in [2.45, 2.75) is 0 Å². The average Bonchev–Trinajstić information content (AvgIpc) is 1.94. The fraction of sp³-hybridized carbons (Fsp3) is 0. The number of hydrogen-bond acceptors (Lipinski definition) is 3. The summed E-state index contributed by atoms with van der Waals surface area (Å²) in [7, 11) is -1.22. The molecule has 0 N–H and O–H groups in total. The summed E-state index contributed by atoms with van der Waals surface area (Å²) in [5, 5.41) is 0. The van der Waals surface area contributed by atoms with E-state index in [9.17, 15) is 0 Å². The van der Waals surface area contributed by atoms with Gasteiger partial charge in [0.2, 0.25) is 0 Å². The van der Waals surface area contributed by atoms with Crippen molar-refractivity contribution in [3.63, 3.8) is 0 Å². The van der Waals surface area contributed by atoms with Gasteiger partial charge in [0, 0.05) is 0 Å². The van der Waals surface area contributed by atoms with E-state index < -0.39 is 12.5 Å². The molecule has 0 saturated heterocycles. The van der Waals surface area contributed by atoms with Crippen molar-refractivity contribution >= 4 is 89.6 Å². The van der Waals surface area contributed by atoms with Gasteiger partial charge in [-0.25, -0.2) is 0 Å². The van der Waals surface area contributed by atoms with Gasteiger partial charge in [-0.15, -0.1) is 0 Å². The molecule has 12 heavy (non-hydrogen) atoms. The molecule has 1 aliphatic heterocycles. The molecule has 0 fully saturated rings. The molecule has 72 valence electrons. The molecular weight excluding hydrogens is 348 g/mol. The Hall–Kier alpha value is 2.62. The molecule has 1 atom stereocenters. The molecular formula is Cl6N3P3. The van der Waals surface area contributed by atoms with Crippen molar-refractivity contribution in [2.24, 2.45) is 4.52 Å². The summed E-state index contributed by atoms with van der Waals surface area (Å²) in [6, 6.07) is 0. The van der Waals surface area contributed by atoms with Crippen LogP contribution in [0.4, 0.5) is 0 Å². The second-order valence-electron chi connectivity index (χ2n) is 1.64. The summed E-state index contributed by atoms with van der Waals surface area (Å²) in [6.45, 7) is 0. The SMILES string of the molecule is ClN1P=NP(Cl)(Cl)(Cl)N(Cl)P1Cl. The van der Waals surface area contributed by atoms with Crippen LogP contribution in [0.2, 0.25) is 0 Å². The molecule has 1 aliphatic rings. The Labute approximate surface area is 101 Å². The van der Waals surface area contributed by atoms with Crippen LogP contribution in [0.3, 0.4) is 0 Å². The van der Waals surface area contributed by atoms with Crippen LogP contribution < -0.4 is 0 Å². The van der Waals surface area contributed by atoms with Gasteiger partial charge in [-0.1, -0.05) is 0 Å². The zero-order valence-corrected chi connectivity index (χ0v) is 12.2. The molecule has 0 aromatic rings. The molecule has 0 aromatic heterocycles. The number of rotatable bonds is 0. The van der Waals surface area contributed by atoms with E-state index in [2.05, 4.69) is 4.52 Å². The molecule has 3 nitrogen and oxygen atoms in total. The van der Waals surface area contributed by atoms with Crippen molar-refractivity contribution < 1.29 is 0 Å². The maximum absolute atomic E-state index is 5.77. The van der Waals surface area contributed by atoms with Crippen molar-refractivity contribution in [3.05, 3.63) is 0 Å². The summed E-state index contributed by atoms with van der Waals surface area (Å²) in [4.78, 5) is -3.86. The summed E-state index contributed by atoms with van der Waals surface area (Å²) in [6.07, 6.45) is 0. The molecule has 0 radical (unpaired) electrons. The maximum atomic E-state index is 5.77. The topological polar surface area (TPSA) is 18.8 Å². The van der Waals surface area contributed by atoms with Gasteiger partial charge in [0.05, 0.1) is 0 Å². The molecule has 0 amide bonds. The van der Waals surface area contributed by atoms with Gasteiger partial charge in [0.1, 0.15) is 0 Å². The van der Waals surface area contributed by atoms with Gasteiger partial charge in [0.25, 0.3) is 0 Å². The minimum atomic E-state index is -3.86. The molecule has 12 heteroatoms. The van der Waals surface area contributed by atoms with E-state index in [0.29, 0.717) is 8.52 Å². The van der Waals surface area contributed by atoms with Crippen LogP contribution in [0.25, 0.3) is 0 Å². The predicted molar refractivity (Wildman–Crippen MR) is 62.0 cm³/mol. The Kier molecular flexibility index (Phi) is 4.11. The second-order valence-corrected chi connectivity index (χ2v) is 16.6. The first-order valence-corrected chi connectivity index (χ1v) is 10.7. The van der Waals surface area contributed by atoms with Crippen LogP contribution in [0.1, 0.15) is 0 Å². The molecule has 1 rings (SSSR count). The van der Waals surface area contributed by atoms with Crippen LogP contribution in [0.15, 0.2) is 4.52 Å². The van der Waals surface area contributed by atoms with Crippen molar-refractivity contribution in [2.75, 3.05) is 0 Å². The second kappa shape index (κ2) is 3.89. The first-order chi connectivity index (χ1) is 5.22. The standard InChI is InChI=1S/Cl6N3P3/c1-8-10-7-12(4,5,6)9(2)11(8)3. The third kappa shape index (κ3) is 2.60. The monoisotopic (exact) mass is 345 g/mol. The third-order valence-electron chi connectivity index (χ3n) is 0.789. The van der Waals surface area contributed by atoms with Gasteiger partial charge in [-0.05, 0) is 0 Å². The summed E-state index contributed by atoms with van der Waals surface area (Å²) < 4.78 is 5.77. The predicted octanol–water partition coefficient (Wildman–Crippen LogP) is 6.27. The fourth-order valence-corrected chi connectivity index (χ4v) is 10.3. The van der Waals surface area contributed by atoms with Crippen LogP contribution >= 0.6 is 89.6 Å². The average molecular weight is 348 g/mol. The molecule has 0 saturated carbocycles. The van der Waals surface area contributed by atoms with E-state index in [1.165, 1.54) is 0 Å². The van der Waals surface area contributed by atoms with E-state index in [-0.39, 0.29) is 0 Å². The molecule has 1 heterocycles. The summed E-state index contributed by atoms with van der Waals surface area (Å²) in [5.41, 5.74) is 0. The molecule has 0 spiro atoms. The summed E-state index contributed by atoms with van der Waals surface area (Å²) in [5.74, 6) is 0. The normalized spacial score (nSPS) is 40.2. The van der Waals surface area contributed by atoms with E-state index in [1.807, 2.05) is 0 Å².